The van der Waals surface area contributed by atoms with E-state index in [4.69, 9.17) is 18.9 Å². The van der Waals surface area contributed by atoms with E-state index < -0.39 is 0 Å². The second kappa shape index (κ2) is 18.0. The van der Waals surface area contributed by atoms with Gasteiger partial charge in [-0.05, 0) is 117 Å². The number of amides is 1. The smallest absolute Gasteiger partial charge is 0.226 e. The third kappa shape index (κ3) is 9.32. The van der Waals surface area contributed by atoms with Gasteiger partial charge < -0.3 is 34.5 Å². The minimum Gasteiger partial charge on any atom is -0.493 e. The van der Waals surface area contributed by atoms with Crippen LogP contribution in [0.1, 0.15) is 47.9 Å². The lowest BCUT2D eigenvalue weighted by molar-refractivity contribution is -0.137. The Hall–Kier alpha value is -2.43. The number of carbonyl (C=O) groups excluding carboxylic acids is 1. The Kier molecular flexibility index (Phi) is 14.9. The van der Waals surface area contributed by atoms with Gasteiger partial charge in [0.25, 0.3) is 0 Å². The third-order valence-corrected chi connectivity index (χ3v) is 9.49. The van der Waals surface area contributed by atoms with Crippen molar-refractivity contribution < 1.29 is 23.7 Å². The van der Waals surface area contributed by atoms with Gasteiger partial charge in [-0.25, -0.2) is 0 Å². The van der Waals surface area contributed by atoms with Crippen LogP contribution >= 0.6 is 24.8 Å². The largest absolute Gasteiger partial charge is 0.493 e. The van der Waals surface area contributed by atoms with Gasteiger partial charge >= 0.3 is 0 Å². The summed E-state index contributed by atoms with van der Waals surface area (Å²) in [7, 11) is 6.71. The van der Waals surface area contributed by atoms with Crippen molar-refractivity contribution in [1.29, 1.82) is 0 Å². The Morgan fingerprint density at radius 2 is 1.11 bits per heavy atom. The maximum atomic E-state index is 12.7. The Morgan fingerprint density at radius 1 is 0.667 bits per heavy atom. The van der Waals surface area contributed by atoms with Crippen LogP contribution in [-0.4, -0.2) is 90.0 Å². The molecule has 1 amide bonds. The molecule has 4 heterocycles. The molecule has 2 saturated heterocycles. The lowest BCUT2D eigenvalue weighted by atomic mass is 9.93. The van der Waals surface area contributed by atoms with Gasteiger partial charge in [-0.15, -0.1) is 24.8 Å². The van der Waals surface area contributed by atoms with Crippen molar-refractivity contribution in [1.82, 2.24) is 20.4 Å². The summed E-state index contributed by atoms with van der Waals surface area (Å²) in [5.74, 6) is 4.54. The quantitative estimate of drug-likeness (QED) is 0.447. The summed E-state index contributed by atoms with van der Waals surface area (Å²) in [6.07, 6.45) is 6.53. The number of rotatable bonds is 7. The van der Waals surface area contributed by atoms with Gasteiger partial charge in [-0.1, -0.05) is 0 Å². The zero-order valence-corrected chi connectivity index (χ0v) is 29.0. The minimum absolute atomic E-state index is 0. The van der Waals surface area contributed by atoms with Crippen LogP contribution in [-0.2, 0) is 30.7 Å². The van der Waals surface area contributed by atoms with E-state index in [2.05, 4.69) is 27.7 Å². The number of methoxy groups -OCH3 is 4. The van der Waals surface area contributed by atoms with E-state index in [0.717, 1.165) is 87.3 Å². The van der Waals surface area contributed by atoms with Crippen LogP contribution in [0.4, 0.5) is 0 Å². The van der Waals surface area contributed by atoms with Gasteiger partial charge in [0.05, 0.1) is 28.4 Å². The molecule has 252 valence electrons. The number of hydrogen-bond donors (Lipinski definition) is 2. The molecule has 6 rings (SSSR count). The SMILES string of the molecule is COc1cc2c(cc1OC)CN(C(=O)C1CCNCC1)CC2.COc1cc2c(cc1OC)CN(CC1CCNCC1)CC2.Cl.Cl. The maximum absolute atomic E-state index is 12.7. The Morgan fingerprint density at radius 3 is 1.62 bits per heavy atom. The molecule has 11 heteroatoms. The van der Waals surface area contributed by atoms with E-state index in [1.54, 1.807) is 28.4 Å². The fourth-order valence-electron chi connectivity index (χ4n) is 6.93. The predicted octanol–water partition coefficient (Wildman–Crippen LogP) is 4.49. The van der Waals surface area contributed by atoms with Crippen molar-refractivity contribution >= 4 is 30.7 Å². The molecule has 0 radical (unpaired) electrons. The molecule has 0 spiro atoms. The van der Waals surface area contributed by atoms with Crippen molar-refractivity contribution in [3.63, 3.8) is 0 Å². The van der Waals surface area contributed by atoms with E-state index in [1.807, 2.05) is 17.0 Å². The standard InChI is InChI=1S/C17H24N2O3.C17H26N2O2.2ClH/c1-21-15-9-13-5-8-19(11-14(13)10-16(15)22-2)17(20)12-3-6-18-7-4-12;1-20-16-9-14-5-8-19(11-13-3-6-18-7-4-13)12-15(14)10-17(16)21-2;;/h9-10,12,18H,3-8,11H2,1-2H3;9-10,13,18H,3-8,11-12H2,1-2H3;2*1H. The zero-order chi connectivity index (χ0) is 30.2. The number of piperidine rings is 2. The van der Waals surface area contributed by atoms with Crippen molar-refractivity contribution in [3.8, 4) is 23.0 Å². The first-order valence-corrected chi connectivity index (χ1v) is 15.9. The number of hydrogen-bond acceptors (Lipinski definition) is 8. The lowest BCUT2D eigenvalue weighted by Crippen LogP contribution is -2.43. The molecule has 0 aliphatic carbocycles. The molecule has 2 N–H and O–H groups in total. The van der Waals surface area contributed by atoms with Gasteiger partial charge in [0.1, 0.15) is 0 Å². The molecule has 0 saturated carbocycles. The van der Waals surface area contributed by atoms with Gasteiger partial charge in [0.2, 0.25) is 5.91 Å². The van der Waals surface area contributed by atoms with Crippen molar-refractivity contribution in [2.75, 3.05) is 74.3 Å². The fourth-order valence-corrected chi connectivity index (χ4v) is 6.93. The topological polar surface area (TPSA) is 84.5 Å². The number of ether oxygens (including phenoxy) is 4. The van der Waals surface area contributed by atoms with Gasteiger partial charge in [-0.2, -0.15) is 0 Å². The summed E-state index contributed by atoms with van der Waals surface area (Å²) in [6, 6.07) is 8.36. The van der Waals surface area contributed by atoms with Gasteiger partial charge in [-0.3, -0.25) is 9.69 Å². The van der Waals surface area contributed by atoms with Crippen LogP contribution in [0.15, 0.2) is 24.3 Å². The molecule has 0 bridgehead atoms. The zero-order valence-electron chi connectivity index (χ0n) is 27.3. The van der Waals surface area contributed by atoms with E-state index in [9.17, 15) is 4.79 Å². The van der Waals surface area contributed by atoms with E-state index in [0.29, 0.717) is 12.5 Å². The Labute approximate surface area is 281 Å². The number of nitrogens with zero attached hydrogens (tertiary/aromatic N) is 2. The van der Waals surface area contributed by atoms with Crippen LogP contribution in [0.5, 0.6) is 23.0 Å². The van der Waals surface area contributed by atoms with Crippen LogP contribution in [0.3, 0.4) is 0 Å². The summed E-state index contributed by atoms with van der Waals surface area (Å²) in [6.45, 7) is 9.17. The molecule has 9 nitrogen and oxygen atoms in total. The summed E-state index contributed by atoms with van der Waals surface area (Å²) in [5, 5.41) is 6.76. The fraction of sp³-hybridized carbons (Fsp3) is 0.618. The number of nitrogens with one attached hydrogen (secondary N) is 2. The van der Waals surface area contributed by atoms with E-state index in [1.165, 1.54) is 54.7 Å². The number of carbonyl (C=O) groups is 1. The van der Waals surface area contributed by atoms with Crippen molar-refractivity contribution in [3.05, 3.63) is 46.5 Å². The highest BCUT2D eigenvalue weighted by atomic mass is 35.5. The highest BCUT2D eigenvalue weighted by molar-refractivity contribution is 5.85. The number of benzene rings is 2. The number of halogens is 2. The maximum Gasteiger partial charge on any atom is 0.226 e. The average molecular weight is 668 g/mol. The summed E-state index contributed by atoms with van der Waals surface area (Å²) < 4.78 is 21.6. The molecule has 0 atom stereocenters. The van der Waals surface area contributed by atoms with Crippen LogP contribution < -0.4 is 29.6 Å². The monoisotopic (exact) mass is 666 g/mol. The molecule has 4 aliphatic rings. The van der Waals surface area contributed by atoms with Crippen LogP contribution in [0.2, 0.25) is 0 Å². The molecule has 45 heavy (non-hydrogen) atoms. The van der Waals surface area contributed by atoms with E-state index >= 15 is 0 Å². The molecule has 2 aromatic rings. The van der Waals surface area contributed by atoms with Gasteiger partial charge in [0, 0.05) is 38.6 Å². The van der Waals surface area contributed by atoms with Crippen LogP contribution in [0.25, 0.3) is 0 Å². The lowest BCUT2D eigenvalue weighted by Gasteiger charge is -2.33. The Bertz CT molecular complexity index is 1240. The molecule has 2 aromatic carbocycles. The van der Waals surface area contributed by atoms with E-state index in [-0.39, 0.29) is 30.7 Å². The van der Waals surface area contributed by atoms with Gasteiger partial charge in [0.15, 0.2) is 23.0 Å². The average Bonchev–Trinajstić information content (AvgIpc) is 3.07. The highest BCUT2D eigenvalue weighted by Gasteiger charge is 2.29. The molecule has 0 unspecified atom stereocenters. The second-order valence-electron chi connectivity index (χ2n) is 12.2. The summed E-state index contributed by atoms with van der Waals surface area (Å²) in [5.41, 5.74) is 5.24. The highest BCUT2D eigenvalue weighted by Crippen LogP contribution is 2.35. The third-order valence-electron chi connectivity index (χ3n) is 9.49. The molecular weight excluding hydrogens is 615 g/mol. The minimum atomic E-state index is 0. The molecular formula is C34H52Cl2N4O5. The normalized spacial score (nSPS) is 18.5. The first-order chi connectivity index (χ1) is 21.0. The first kappa shape index (κ1) is 37.0. The first-order valence-electron chi connectivity index (χ1n) is 15.9. The second-order valence-corrected chi connectivity index (χ2v) is 12.2. The summed E-state index contributed by atoms with van der Waals surface area (Å²) in [4.78, 5) is 17.3. The van der Waals surface area contributed by atoms with Crippen molar-refractivity contribution in [2.45, 2.75) is 51.6 Å². The molecule has 4 aliphatic heterocycles. The molecule has 0 aromatic heterocycles. The Balaban J connectivity index is 0.000000235. The van der Waals surface area contributed by atoms with Crippen molar-refractivity contribution in [2.24, 2.45) is 11.8 Å². The number of fused-ring (bicyclic) bond motifs is 2. The van der Waals surface area contributed by atoms with Crippen LogP contribution in [0, 0.1) is 11.8 Å². The molecule has 2 fully saturated rings. The summed E-state index contributed by atoms with van der Waals surface area (Å²) >= 11 is 0. The predicted molar refractivity (Wildman–Crippen MR) is 183 cm³/mol.